The zero-order valence-corrected chi connectivity index (χ0v) is 10.2. The molecule has 3 N–H and O–H groups in total. The smallest absolute Gasteiger partial charge is 0.170 e. The Morgan fingerprint density at radius 3 is 2.95 bits per heavy atom. The zero-order chi connectivity index (χ0) is 13.8. The Kier molecular flexibility index (Phi) is 3.65. The number of hydrogen-bond donors (Lipinski definition) is 2. The van der Waals surface area contributed by atoms with E-state index in [4.69, 9.17) is 15.7 Å². The second kappa shape index (κ2) is 5.38. The number of aryl methyl sites for hydroxylation is 1. The molecule has 2 rings (SSSR count). The van der Waals surface area contributed by atoms with Crippen molar-refractivity contribution in [2.75, 3.05) is 0 Å². The molecule has 0 radical (unpaired) electrons. The molecule has 1 heterocycles. The van der Waals surface area contributed by atoms with Gasteiger partial charge < -0.3 is 15.7 Å². The van der Waals surface area contributed by atoms with Gasteiger partial charge in [-0.3, -0.25) is 4.68 Å². The van der Waals surface area contributed by atoms with Gasteiger partial charge in [0.1, 0.15) is 6.61 Å². The fourth-order valence-electron chi connectivity index (χ4n) is 1.54. The van der Waals surface area contributed by atoms with Crippen LogP contribution in [0.25, 0.3) is 0 Å². The van der Waals surface area contributed by atoms with Crippen molar-refractivity contribution in [3.63, 3.8) is 0 Å². The van der Waals surface area contributed by atoms with E-state index in [2.05, 4.69) is 10.3 Å². The quantitative estimate of drug-likeness (QED) is 0.376. The summed E-state index contributed by atoms with van der Waals surface area (Å²) in [5.74, 6) is -0.635. The highest BCUT2D eigenvalue weighted by atomic mass is 19.1. The van der Waals surface area contributed by atoms with Gasteiger partial charge in [0.05, 0.1) is 6.20 Å². The fraction of sp³-hybridized carbons (Fsp3) is 0.167. The Balaban J connectivity index is 2.09. The van der Waals surface area contributed by atoms with Gasteiger partial charge in [0.25, 0.3) is 0 Å². The Hall–Kier alpha value is -2.57. The van der Waals surface area contributed by atoms with Crippen LogP contribution >= 0.6 is 0 Å². The second-order valence-electron chi connectivity index (χ2n) is 3.94. The molecule has 0 saturated heterocycles. The zero-order valence-electron chi connectivity index (χ0n) is 10.2. The van der Waals surface area contributed by atoms with Crippen LogP contribution in [0.4, 0.5) is 4.39 Å². The molecule has 0 aliphatic heterocycles. The standard InChI is InChI=1S/C12H13FN4O2/c1-17-6-8(5-15-17)7-19-11-3-2-9(4-10(11)13)12(14)16-18/h2-6,18H,7H2,1H3,(H2,14,16). The minimum Gasteiger partial charge on any atom is -0.486 e. The van der Waals surface area contributed by atoms with Crippen molar-refractivity contribution in [1.29, 1.82) is 0 Å². The normalized spacial score (nSPS) is 11.6. The number of nitrogens with zero attached hydrogens (tertiary/aromatic N) is 3. The van der Waals surface area contributed by atoms with Crippen molar-refractivity contribution in [2.45, 2.75) is 6.61 Å². The number of aromatic nitrogens is 2. The third-order valence-corrected chi connectivity index (χ3v) is 2.49. The predicted molar refractivity (Wildman–Crippen MR) is 66.5 cm³/mol. The highest BCUT2D eigenvalue weighted by Crippen LogP contribution is 2.19. The van der Waals surface area contributed by atoms with E-state index in [0.29, 0.717) is 0 Å². The number of rotatable bonds is 4. The minimum absolute atomic E-state index is 0.0957. The average molecular weight is 264 g/mol. The van der Waals surface area contributed by atoms with Crippen LogP contribution < -0.4 is 10.5 Å². The van der Waals surface area contributed by atoms with Gasteiger partial charge in [-0.1, -0.05) is 5.16 Å². The molecule has 100 valence electrons. The molecule has 2 aromatic rings. The van der Waals surface area contributed by atoms with Gasteiger partial charge in [-0.2, -0.15) is 5.10 Å². The van der Waals surface area contributed by atoms with Crippen LogP contribution in [-0.4, -0.2) is 20.8 Å². The number of benzene rings is 1. The maximum absolute atomic E-state index is 13.7. The van der Waals surface area contributed by atoms with Crippen LogP contribution in [0.15, 0.2) is 35.7 Å². The first-order valence-corrected chi connectivity index (χ1v) is 5.48. The van der Waals surface area contributed by atoms with Crippen LogP contribution in [0.2, 0.25) is 0 Å². The molecule has 1 aromatic carbocycles. The number of ether oxygens (including phenoxy) is 1. The molecule has 0 spiro atoms. The largest absolute Gasteiger partial charge is 0.486 e. The highest BCUT2D eigenvalue weighted by molar-refractivity contribution is 5.97. The summed E-state index contributed by atoms with van der Waals surface area (Å²) in [4.78, 5) is 0. The van der Waals surface area contributed by atoms with Gasteiger partial charge in [-0.05, 0) is 18.2 Å². The molecule has 0 amide bonds. The van der Waals surface area contributed by atoms with Crippen LogP contribution in [0.5, 0.6) is 5.75 Å². The summed E-state index contributed by atoms with van der Waals surface area (Å²) in [6.07, 6.45) is 3.42. The second-order valence-corrected chi connectivity index (χ2v) is 3.94. The summed E-state index contributed by atoms with van der Waals surface area (Å²) in [6, 6.07) is 4.09. The maximum atomic E-state index is 13.7. The van der Waals surface area contributed by atoms with Gasteiger partial charge in [-0.25, -0.2) is 4.39 Å². The molecular weight excluding hydrogens is 251 g/mol. The Morgan fingerprint density at radius 1 is 1.58 bits per heavy atom. The molecule has 0 bridgehead atoms. The van der Waals surface area contributed by atoms with E-state index < -0.39 is 5.82 Å². The van der Waals surface area contributed by atoms with Crippen LogP contribution in [-0.2, 0) is 13.7 Å². The van der Waals surface area contributed by atoms with Gasteiger partial charge >= 0.3 is 0 Å². The van der Waals surface area contributed by atoms with Crippen molar-refractivity contribution in [3.8, 4) is 5.75 Å². The summed E-state index contributed by atoms with van der Waals surface area (Å²) in [6.45, 7) is 0.216. The molecule has 0 aliphatic carbocycles. The van der Waals surface area contributed by atoms with Crippen LogP contribution in [0, 0.1) is 5.82 Å². The van der Waals surface area contributed by atoms with E-state index >= 15 is 0 Å². The number of halogens is 1. The molecule has 7 heteroatoms. The number of oxime groups is 1. The lowest BCUT2D eigenvalue weighted by atomic mass is 10.2. The maximum Gasteiger partial charge on any atom is 0.170 e. The number of nitrogens with two attached hydrogens (primary N) is 1. The van der Waals surface area contributed by atoms with E-state index in [1.807, 2.05) is 0 Å². The average Bonchev–Trinajstić information content (AvgIpc) is 2.82. The van der Waals surface area contributed by atoms with E-state index in [1.54, 1.807) is 24.1 Å². The van der Waals surface area contributed by atoms with E-state index in [-0.39, 0.29) is 23.8 Å². The summed E-state index contributed by atoms with van der Waals surface area (Å²) in [7, 11) is 1.79. The first-order chi connectivity index (χ1) is 9.10. The topological polar surface area (TPSA) is 85.7 Å². The first kappa shape index (κ1) is 12.9. The lowest BCUT2D eigenvalue weighted by Gasteiger charge is -2.07. The lowest BCUT2D eigenvalue weighted by molar-refractivity contribution is 0.290. The predicted octanol–water partition coefficient (Wildman–Crippen LogP) is 1.23. The summed E-state index contributed by atoms with van der Waals surface area (Å²) in [5.41, 5.74) is 6.48. The van der Waals surface area contributed by atoms with Crippen molar-refractivity contribution in [2.24, 2.45) is 17.9 Å². The SMILES string of the molecule is Cn1cc(COc2ccc(/C(N)=N/O)cc2F)cn1. The fourth-order valence-corrected chi connectivity index (χ4v) is 1.54. The van der Waals surface area contributed by atoms with Crippen LogP contribution in [0.3, 0.4) is 0 Å². The summed E-state index contributed by atoms with van der Waals surface area (Å²) < 4.78 is 20.7. The van der Waals surface area contributed by atoms with E-state index in [0.717, 1.165) is 11.6 Å². The van der Waals surface area contributed by atoms with Crippen LogP contribution in [0.1, 0.15) is 11.1 Å². The minimum atomic E-state index is -0.576. The Morgan fingerprint density at radius 2 is 2.37 bits per heavy atom. The number of amidine groups is 1. The molecule has 0 atom stereocenters. The van der Waals surface area contributed by atoms with Crippen molar-refractivity contribution >= 4 is 5.84 Å². The van der Waals surface area contributed by atoms with Crippen molar-refractivity contribution in [1.82, 2.24) is 9.78 Å². The molecule has 0 unspecified atom stereocenters. The Bertz CT molecular complexity index is 610. The van der Waals surface area contributed by atoms with Gasteiger partial charge in [0, 0.05) is 24.4 Å². The third kappa shape index (κ3) is 3.01. The van der Waals surface area contributed by atoms with Crippen molar-refractivity contribution in [3.05, 3.63) is 47.5 Å². The molecule has 6 nitrogen and oxygen atoms in total. The first-order valence-electron chi connectivity index (χ1n) is 5.48. The van der Waals surface area contributed by atoms with Gasteiger partial charge in [0.2, 0.25) is 0 Å². The number of hydrogen-bond acceptors (Lipinski definition) is 4. The third-order valence-electron chi connectivity index (χ3n) is 2.49. The van der Waals surface area contributed by atoms with Crippen molar-refractivity contribution < 1.29 is 14.3 Å². The monoisotopic (exact) mass is 264 g/mol. The molecule has 1 aromatic heterocycles. The molecule has 0 aliphatic rings. The molecular formula is C12H13FN4O2. The highest BCUT2D eigenvalue weighted by Gasteiger charge is 2.08. The van der Waals surface area contributed by atoms with Gasteiger partial charge in [0.15, 0.2) is 17.4 Å². The van der Waals surface area contributed by atoms with E-state index in [1.165, 1.54) is 12.1 Å². The van der Waals surface area contributed by atoms with E-state index in [9.17, 15) is 4.39 Å². The summed E-state index contributed by atoms with van der Waals surface area (Å²) in [5, 5.41) is 15.3. The van der Waals surface area contributed by atoms with Gasteiger partial charge in [-0.15, -0.1) is 0 Å². The molecule has 0 saturated carbocycles. The summed E-state index contributed by atoms with van der Waals surface area (Å²) >= 11 is 0. The molecule has 19 heavy (non-hydrogen) atoms. The molecule has 0 fully saturated rings. The lowest BCUT2D eigenvalue weighted by Crippen LogP contribution is -2.13. The Labute approximate surface area is 108 Å².